The molecule has 0 radical (unpaired) electrons. The van der Waals surface area contributed by atoms with Crippen LogP contribution in [0.15, 0.2) is 0 Å². The molecule has 10 heteroatoms. The number of halogens is 2. The molecule has 0 aliphatic heterocycles. The summed E-state index contributed by atoms with van der Waals surface area (Å²) >= 11 is 3.91. The molecule has 0 saturated carbocycles. The number of aliphatic hydroxyl groups excluding tert-OH is 2. The van der Waals surface area contributed by atoms with Crippen molar-refractivity contribution in [2.45, 2.75) is 45.6 Å². The number of hydrogen-bond donors (Lipinski definition) is 4. The Kier molecular flexibility index (Phi) is 9.52. The van der Waals surface area contributed by atoms with Crippen molar-refractivity contribution in [3.63, 3.8) is 0 Å². The van der Waals surface area contributed by atoms with Gasteiger partial charge in [-0.1, -0.05) is 13.8 Å². The Hall–Kier alpha value is -1.26. The molecule has 0 saturated heterocycles. The van der Waals surface area contributed by atoms with Gasteiger partial charge in [-0.05, 0) is 6.92 Å². The van der Waals surface area contributed by atoms with Crippen LogP contribution in [0.25, 0.3) is 0 Å². The van der Waals surface area contributed by atoms with Gasteiger partial charge in [0.2, 0.25) is 11.8 Å². The Morgan fingerprint density at radius 3 is 2.24 bits per heavy atom. The van der Waals surface area contributed by atoms with Crippen molar-refractivity contribution >= 4 is 30.4 Å². The Bertz CT molecular complexity index is 483. The maximum absolute atomic E-state index is 13.1. The molecule has 3 N–H and O–H groups in total. The van der Waals surface area contributed by atoms with Gasteiger partial charge < -0.3 is 15.5 Å². The van der Waals surface area contributed by atoms with Crippen molar-refractivity contribution in [3.8, 4) is 0 Å². The van der Waals surface area contributed by atoms with Gasteiger partial charge in [-0.25, -0.2) is 8.78 Å². The molecule has 0 aromatic carbocycles. The molecule has 0 fully saturated rings. The molecule has 0 bridgehead atoms. The fourth-order valence-electron chi connectivity index (χ4n) is 1.78. The molecular formula is C15H26F2N2O5S. The van der Waals surface area contributed by atoms with Crippen molar-refractivity contribution in [1.82, 2.24) is 10.2 Å². The zero-order valence-corrected chi connectivity index (χ0v) is 15.5. The zero-order valence-electron chi connectivity index (χ0n) is 14.6. The van der Waals surface area contributed by atoms with Crippen LogP contribution in [0.5, 0.6) is 0 Å². The number of alkyl halides is 2. The molecule has 0 heterocycles. The van der Waals surface area contributed by atoms with Crippen molar-refractivity contribution in [2.75, 3.05) is 25.4 Å². The number of thiol groups is 1. The summed E-state index contributed by atoms with van der Waals surface area (Å²) in [6, 6.07) is 0. The molecule has 0 aromatic heterocycles. The van der Waals surface area contributed by atoms with Gasteiger partial charge in [0, 0.05) is 30.7 Å². The van der Waals surface area contributed by atoms with E-state index in [0.29, 0.717) is 17.6 Å². The maximum atomic E-state index is 13.1. The van der Waals surface area contributed by atoms with E-state index in [0.717, 1.165) is 0 Å². The minimum Gasteiger partial charge on any atom is -0.396 e. The van der Waals surface area contributed by atoms with Crippen LogP contribution >= 0.6 is 12.6 Å². The lowest BCUT2D eigenvalue weighted by Crippen LogP contribution is -2.51. The molecule has 0 aromatic rings. The van der Waals surface area contributed by atoms with E-state index in [9.17, 15) is 33.4 Å². The Morgan fingerprint density at radius 2 is 1.80 bits per heavy atom. The van der Waals surface area contributed by atoms with Crippen molar-refractivity contribution < 1.29 is 33.4 Å². The van der Waals surface area contributed by atoms with Crippen LogP contribution in [-0.4, -0.2) is 70.3 Å². The van der Waals surface area contributed by atoms with Gasteiger partial charge in [-0.3, -0.25) is 19.3 Å². The summed E-state index contributed by atoms with van der Waals surface area (Å²) in [6.07, 6.45) is -3.32. The summed E-state index contributed by atoms with van der Waals surface area (Å²) < 4.78 is 26.2. The smallest absolute Gasteiger partial charge is 0.258 e. The van der Waals surface area contributed by atoms with Gasteiger partial charge in [-0.2, -0.15) is 12.6 Å². The molecule has 0 unspecified atom stereocenters. The fourth-order valence-corrected chi connectivity index (χ4v) is 1.90. The summed E-state index contributed by atoms with van der Waals surface area (Å²) in [6.45, 7) is 2.55. The van der Waals surface area contributed by atoms with Crippen LogP contribution in [0, 0.1) is 5.41 Å². The first-order chi connectivity index (χ1) is 11.4. The van der Waals surface area contributed by atoms with E-state index in [2.05, 4.69) is 17.9 Å². The third-order valence-corrected chi connectivity index (χ3v) is 3.63. The Morgan fingerprint density at radius 1 is 1.24 bits per heavy atom. The molecule has 25 heavy (non-hydrogen) atoms. The third kappa shape index (κ3) is 8.59. The highest BCUT2D eigenvalue weighted by atomic mass is 32.1. The fraction of sp³-hybridized carbons (Fsp3) is 0.800. The molecule has 0 aliphatic carbocycles. The van der Waals surface area contributed by atoms with E-state index < -0.39 is 54.7 Å². The highest BCUT2D eigenvalue weighted by Gasteiger charge is 2.39. The number of amides is 3. The van der Waals surface area contributed by atoms with E-state index in [1.807, 2.05) is 0 Å². The zero-order chi connectivity index (χ0) is 19.8. The Balaban J connectivity index is 5.22. The molecule has 0 aliphatic rings. The predicted molar refractivity (Wildman–Crippen MR) is 90.3 cm³/mol. The second kappa shape index (κ2) is 10.0. The predicted octanol–water partition coefficient (Wildman–Crippen LogP) is 0.202. The second-order valence-electron chi connectivity index (χ2n) is 6.50. The van der Waals surface area contributed by atoms with Crippen molar-refractivity contribution in [3.05, 3.63) is 0 Å². The van der Waals surface area contributed by atoms with Gasteiger partial charge >= 0.3 is 0 Å². The minimum absolute atomic E-state index is 0.275. The van der Waals surface area contributed by atoms with Crippen LogP contribution in [0.3, 0.4) is 0 Å². The topological polar surface area (TPSA) is 107 Å². The molecule has 0 rings (SSSR count). The molecule has 7 nitrogen and oxygen atoms in total. The quantitative estimate of drug-likeness (QED) is 0.403. The van der Waals surface area contributed by atoms with Gasteiger partial charge in [-0.15, -0.1) is 0 Å². The van der Waals surface area contributed by atoms with Crippen LogP contribution in [0.2, 0.25) is 0 Å². The largest absolute Gasteiger partial charge is 0.396 e. The van der Waals surface area contributed by atoms with E-state index in [1.54, 1.807) is 0 Å². The van der Waals surface area contributed by atoms with E-state index in [4.69, 9.17) is 0 Å². The highest BCUT2D eigenvalue weighted by Crippen LogP contribution is 2.23. The van der Waals surface area contributed by atoms with Crippen LogP contribution in [0.1, 0.15) is 33.6 Å². The molecule has 146 valence electrons. The lowest BCUT2D eigenvalue weighted by Gasteiger charge is -2.31. The number of nitrogens with one attached hydrogen (secondary N) is 1. The van der Waals surface area contributed by atoms with Crippen molar-refractivity contribution in [1.29, 1.82) is 0 Å². The van der Waals surface area contributed by atoms with Gasteiger partial charge in [0.25, 0.3) is 11.8 Å². The van der Waals surface area contributed by atoms with E-state index >= 15 is 0 Å². The average molecular weight is 384 g/mol. The normalized spacial score (nSPS) is 13.3. The summed E-state index contributed by atoms with van der Waals surface area (Å²) in [4.78, 5) is 36.5. The van der Waals surface area contributed by atoms with Gasteiger partial charge in [0.15, 0.2) is 0 Å². The number of carbonyl (C=O) groups excluding carboxylic acids is 3. The lowest BCUT2D eigenvalue weighted by atomic mass is 9.86. The third-order valence-electron chi connectivity index (χ3n) is 3.41. The van der Waals surface area contributed by atoms with Crippen LogP contribution < -0.4 is 5.32 Å². The maximum Gasteiger partial charge on any atom is 0.258 e. The van der Waals surface area contributed by atoms with Crippen molar-refractivity contribution in [2.24, 2.45) is 5.41 Å². The second-order valence-corrected chi connectivity index (χ2v) is 6.95. The number of carbonyl (C=O) groups is 3. The summed E-state index contributed by atoms with van der Waals surface area (Å²) in [7, 11) is 0. The molecule has 1 atom stereocenters. The first kappa shape index (κ1) is 23.7. The minimum atomic E-state index is -3.35. The molecule has 0 spiro atoms. The SMILES string of the molecule is CC(F)(F)CC(=O)N(CCC(=O)NCCS)C(=O)[C@H](O)C(C)(C)CO. The number of nitrogens with zero attached hydrogens (tertiary/aromatic N) is 1. The standard InChI is InChI=1S/C15H26F2N2O5S/c1-14(2,9-20)12(23)13(24)19(11(22)8-15(3,16)17)6-4-10(21)18-5-7-25/h12,20,23,25H,4-9H2,1-3H3,(H,18,21)/t12-/m0/s1. The first-order valence-corrected chi connectivity index (χ1v) is 8.37. The highest BCUT2D eigenvalue weighted by molar-refractivity contribution is 7.80. The van der Waals surface area contributed by atoms with Crippen LogP contribution in [-0.2, 0) is 14.4 Å². The summed E-state index contributed by atoms with van der Waals surface area (Å²) in [5.41, 5.74) is -1.28. The number of imide groups is 1. The van der Waals surface area contributed by atoms with E-state index in [1.165, 1.54) is 13.8 Å². The molecule has 3 amide bonds. The molecular weight excluding hydrogens is 358 g/mol. The van der Waals surface area contributed by atoms with Crippen LogP contribution in [0.4, 0.5) is 8.78 Å². The monoisotopic (exact) mass is 384 g/mol. The number of rotatable bonds is 10. The lowest BCUT2D eigenvalue weighted by molar-refractivity contribution is -0.158. The summed E-state index contributed by atoms with van der Waals surface area (Å²) in [5.74, 6) is -5.78. The Labute approximate surface area is 151 Å². The number of hydrogen-bond acceptors (Lipinski definition) is 6. The first-order valence-electron chi connectivity index (χ1n) is 7.74. The van der Waals surface area contributed by atoms with Gasteiger partial charge in [0.1, 0.15) is 6.10 Å². The average Bonchev–Trinajstić information content (AvgIpc) is 2.50. The summed E-state index contributed by atoms with van der Waals surface area (Å²) in [5, 5.41) is 21.8. The van der Waals surface area contributed by atoms with Gasteiger partial charge in [0.05, 0.1) is 13.0 Å². The number of aliphatic hydroxyl groups is 2. The van der Waals surface area contributed by atoms with E-state index in [-0.39, 0.29) is 13.0 Å².